The van der Waals surface area contributed by atoms with Crippen LogP contribution in [0.3, 0.4) is 0 Å². The molecule has 9 heteroatoms. The first-order chi connectivity index (χ1) is 20.6. The van der Waals surface area contributed by atoms with Gasteiger partial charge in [0.1, 0.15) is 11.0 Å². The lowest BCUT2D eigenvalue weighted by Gasteiger charge is -2.17. The summed E-state index contributed by atoms with van der Waals surface area (Å²) in [5, 5.41) is 6.04. The fourth-order valence-electron chi connectivity index (χ4n) is 5.06. The van der Waals surface area contributed by atoms with Gasteiger partial charge in [-0.2, -0.15) is 0 Å². The van der Waals surface area contributed by atoms with E-state index in [2.05, 4.69) is 35.5 Å². The molecule has 2 N–H and O–H groups in total. The molecule has 2 amide bonds. The van der Waals surface area contributed by atoms with E-state index in [1.165, 1.54) is 0 Å². The van der Waals surface area contributed by atoms with Gasteiger partial charge in [0.2, 0.25) is 0 Å². The van der Waals surface area contributed by atoms with Crippen LogP contribution < -0.4 is 10.6 Å². The predicted octanol–water partition coefficient (Wildman–Crippen LogP) is 4.75. The predicted molar refractivity (Wildman–Crippen MR) is 165 cm³/mol. The van der Waals surface area contributed by atoms with Crippen molar-refractivity contribution in [3.05, 3.63) is 96.1 Å². The Balaban J connectivity index is 0.956. The standard InChI is InChI=1S/C33H31N7O2/c1-40(20-8-18-34-32(41)22-10-6-16-28-30(22)38-26-14-4-2-12-24(26)36-28)21-9-19-35-33(42)23-11-7-17-29-31(23)39-27-15-5-3-13-25(27)37-29/h2-7,10-17H,8-9,18-21H2,1H3,(H,34,41)(H,35,42). The van der Waals surface area contributed by atoms with Gasteiger partial charge in [-0.25, -0.2) is 19.9 Å². The minimum atomic E-state index is -0.151. The molecule has 0 atom stereocenters. The van der Waals surface area contributed by atoms with E-state index >= 15 is 0 Å². The van der Waals surface area contributed by atoms with Gasteiger partial charge >= 0.3 is 0 Å². The molecule has 6 aromatic rings. The number of benzene rings is 4. The molecule has 0 unspecified atom stereocenters. The second-order valence-corrected chi connectivity index (χ2v) is 10.3. The van der Waals surface area contributed by atoms with Crippen LogP contribution in [0.2, 0.25) is 0 Å². The number of carbonyl (C=O) groups excluding carboxylic acids is 2. The average molecular weight is 558 g/mol. The third-order valence-electron chi connectivity index (χ3n) is 7.23. The number of nitrogens with zero attached hydrogens (tertiary/aromatic N) is 5. The van der Waals surface area contributed by atoms with Crippen LogP contribution in [0.25, 0.3) is 44.1 Å². The van der Waals surface area contributed by atoms with Gasteiger partial charge in [0.05, 0.1) is 44.2 Å². The van der Waals surface area contributed by atoms with Gasteiger partial charge in [0.15, 0.2) is 0 Å². The fraction of sp³-hybridized carbons (Fsp3) is 0.212. The topological polar surface area (TPSA) is 113 Å². The van der Waals surface area contributed by atoms with Gasteiger partial charge in [-0.15, -0.1) is 0 Å². The Labute approximate surface area is 243 Å². The molecule has 0 aliphatic heterocycles. The Morgan fingerprint density at radius 1 is 0.548 bits per heavy atom. The summed E-state index contributed by atoms with van der Waals surface area (Å²) in [5.41, 5.74) is 6.83. The number of rotatable bonds is 10. The molecule has 2 aromatic heterocycles. The van der Waals surface area contributed by atoms with E-state index in [0.29, 0.717) is 46.3 Å². The van der Waals surface area contributed by atoms with E-state index < -0.39 is 0 Å². The molecule has 42 heavy (non-hydrogen) atoms. The van der Waals surface area contributed by atoms with Crippen LogP contribution >= 0.6 is 0 Å². The molecule has 210 valence electrons. The van der Waals surface area contributed by atoms with Crippen LogP contribution in [0.15, 0.2) is 84.9 Å². The minimum absolute atomic E-state index is 0.151. The highest BCUT2D eigenvalue weighted by atomic mass is 16.2. The van der Waals surface area contributed by atoms with Crippen LogP contribution in [0, 0.1) is 0 Å². The summed E-state index contributed by atoms with van der Waals surface area (Å²) < 4.78 is 0. The summed E-state index contributed by atoms with van der Waals surface area (Å²) in [4.78, 5) is 46.7. The first-order valence-corrected chi connectivity index (χ1v) is 14.1. The molecule has 0 saturated carbocycles. The Bertz CT molecular complexity index is 1790. The minimum Gasteiger partial charge on any atom is -0.352 e. The first kappa shape index (κ1) is 27.2. The summed E-state index contributed by atoms with van der Waals surface area (Å²) in [5.74, 6) is -0.302. The van der Waals surface area contributed by atoms with Crippen molar-refractivity contribution in [1.29, 1.82) is 0 Å². The quantitative estimate of drug-likeness (QED) is 0.185. The van der Waals surface area contributed by atoms with E-state index in [9.17, 15) is 9.59 Å². The van der Waals surface area contributed by atoms with E-state index in [1.54, 1.807) is 12.1 Å². The molecule has 0 aliphatic rings. The van der Waals surface area contributed by atoms with Crippen molar-refractivity contribution in [1.82, 2.24) is 35.5 Å². The van der Waals surface area contributed by atoms with Gasteiger partial charge in [-0.1, -0.05) is 36.4 Å². The van der Waals surface area contributed by atoms with E-state index in [1.807, 2.05) is 79.8 Å². The fourth-order valence-corrected chi connectivity index (χ4v) is 5.06. The third-order valence-corrected chi connectivity index (χ3v) is 7.23. The second kappa shape index (κ2) is 12.2. The summed E-state index contributed by atoms with van der Waals surface area (Å²) in [6.07, 6.45) is 1.60. The monoisotopic (exact) mass is 557 g/mol. The maximum atomic E-state index is 12.9. The number of amides is 2. The first-order valence-electron chi connectivity index (χ1n) is 14.1. The Kier molecular flexibility index (Phi) is 7.91. The number of hydrogen-bond donors (Lipinski definition) is 2. The van der Waals surface area contributed by atoms with Crippen LogP contribution in [0.5, 0.6) is 0 Å². The van der Waals surface area contributed by atoms with Crippen molar-refractivity contribution < 1.29 is 9.59 Å². The largest absolute Gasteiger partial charge is 0.352 e. The van der Waals surface area contributed by atoms with Crippen LogP contribution in [0.1, 0.15) is 33.6 Å². The van der Waals surface area contributed by atoms with Crippen LogP contribution in [-0.4, -0.2) is 69.9 Å². The maximum Gasteiger partial charge on any atom is 0.253 e. The molecule has 6 rings (SSSR count). The molecule has 0 bridgehead atoms. The normalized spacial score (nSPS) is 11.5. The summed E-state index contributed by atoms with van der Waals surface area (Å²) in [6.45, 7) is 2.74. The van der Waals surface area contributed by atoms with E-state index in [4.69, 9.17) is 0 Å². The van der Waals surface area contributed by atoms with Crippen molar-refractivity contribution in [2.24, 2.45) is 0 Å². The van der Waals surface area contributed by atoms with E-state index in [0.717, 1.165) is 48.0 Å². The molecule has 0 fully saturated rings. The molecular formula is C33H31N7O2. The molecule has 2 heterocycles. The highest BCUT2D eigenvalue weighted by Crippen LogP contribution is 2.20. The lowest BCUT2D eigenvalue weighted by Crippen LogP contribution is -2.31. The Morgan fingerprint density at radius 2 is 0.929 bits per heavy atom. The number of fused-ring (bicyclic) bond motifs is 4. The van der Waals surface area contributed by atoms with Gasteiger partial charge in [-0.3, -0.25) is 9.59 Å². The molecule has 9 nitrogen and oxygen atoms in total. The van der Waals surface area contributed by atoms with E-state index in [-0.39, 0.29) is 11.8 Å². The number of aromatic nitrogens is 4. The number of carbonyl (C=O) groups is 2. The van der Waals surface area contributed by atoms with Crippen molar-refractivity contribution in [3.8, 4) is 0 Å². The Morgan fingerprint density at radius 3 is 1.36 bits per heavy atom. The van der Waals surface area contributed by atoms with Crippen LogP contribution in [-0.2, 0) is 0 Å². The lowest BCUT2D eigenvalue weighted by molar-refractivity contribution is 0.0947. The van der Waals surface area contributed by atoms with Crippen LogP contribution in [0.4, 0.5) is 0 Å². The zero-order valence-electron chi connectivity index (χ0n) is 23.4. The SMILES string of the molecule is CN(CCCNC(=O)c1cccc2nc3ccccc3nc12)CCCNC(=O)c1cccc2nc3ccccc3nc12. The zero-order valence-corrected chi connectivity index (χ0v) is 23.4. The average Bonchev–Trinajstić information content (AvgIpc) is 3.02. The molecule has 0 saturated heterocycles. The van der Waals surface area contributed by atoms with Crippen molar-refractivity contribution in [3.63, 3.8) is 0 Å². The highest BCUT2D eigenvalue weighted by Gasteiger charge is 2.14. The van der Waals surface area contributed by atoms with Gasteiger partial charge < -0.3 is 15.5 Å². The maximum absolute atomic E-state index is 12.9. The second-order valence-electron chi connectivity index (χ2n) is 10.3. The number of nitrogens with one attached hydrogen (secondary N) is 2. The highest BCUT2D eigenvalue weighted by molar-refractivity contribution is 6.06. The number of hydrogen-bond acceptors (Lipinski definition) is 7. The summed E-state index contributed by atoms with van der Waals surface area (Å²) >= 11 is 0. The van der Waals surface area contributed by atoms with Gasteiger partial charge in [0.25, 0.3) is 11.8 Å². The van der Waals surface area contributed by atoms with Gasteiger partial charge in [0, 0.05) is 13.1 Å². The third kappa shape index (κ3) is 5.87. The zero-order chi connectivity index (χ0) is 28.9. The molecule has 0 spiro atoms. The molecular weight excluding hydrogens is 526 g/mol. The smallest absolute Gasteiger partial charge is 0.253 e. The molecule has 0 aliphatic carbocycles. The van der Waals surface area contributed by atoms with Gasteiger partial charge in [-0.05, 0) is 81.5 Å². The molecule has 0 radical (unpaired) electrons. The summed E-state index contributed by atoms with van der Waals surface area (Å²) in [7, 11) is 2.04. The lowest BCUT2D eigenvalue weighted by atomic mass is 10.1. The summed E-state index contributed by atoms with van der Waals surface area (Å²) in [6, 6.07) is 26.3. The van der Waals surface area contributed by atoms with Crippen molar-refractivity contribution in [2.75, 3.05) is 33.2 Å². The van der Waals surface area contributed by atoms with Crippen molar-refractivity contribution >= 4 is 55.9 Å². The van der Waals surface area contributed by atoms with Crippen molar-refractivity contribution in [2.45, 2.75) is 12.8 Å². The molecule has 4 aromatic carbocycles. The Hall–Kier alpha value is -5.02. The number of para-hydroxylation sites is 6.